The number of para-hydroxylation sites is 1. The highest BCUT2D eigenvalue weighted by atomic mass is 35.5. The van der Waals surface area contributed by atoms with Gasteiger partial charge in [0.1, 0.15) is 5.75 Å². The molecule has 2 aliphatic rings. The Morgan fingerprint density at radius 1 is 1.36 bits per heavy atom. The number of carbonyl (C=O) groups is 1. The van der Waals surface area contributed by atoms with Crippen LogP contribution in [0.5, 0.6) is 5.75 Å². The first-order valence-electron chi connectivity index (χ1n) is 8.90. The zero-order valence-corrected chi connectivity index (χ0v) is 16.1. The average Bonchev–Trinajstić information content (AvgIpc) is 2.57. The third-order valence-electron chi connectivity index (χ3n) is 5.54. The van der Waals surface area contributed by atoms with E-state index in [1.807, 2.05) is 31.2 Å². The molecule has 0 bridgehead atoms. The van der Waals surface area contributed by atoms with Crippen molar-refractivity contribution in [3.8, 4) is 5.75 Å². The number of carbonyl (C=O) groups excluding carboxylic acids is 1. The second-order valence-corrected chi connectivity index (χ2v) is 7.77. The highest BCUT2D eigenvalue weighted by molar-refractivity contribution is 5.85. The summed E-state index contributed by atoms with van der Waals surface area (Å²) in [5.74, 6) is 0.967. The maximum atomic E-state index is 12.8. The van der Waals surface area contributed by atoms with Gasteiger partial charge < -0.3 is 15.8 Å². The van der Waals surface area contributed by atoms with Crippen LogP contribution in [-0.4, -0.2) is 42.6 Å². The lowest BCUT2D eigenvalue weighted by Crippen LogP contribution is -2.57. The van der Waals surface area contributed by atoms with Crippen molar-refractivity contribution in [3.05, 3.63) is 29.8 Å². The van der Waals surface area contributed by atoms with Gasteiger partial charge in [-0.05, 0) is 24.8 Å². The highest BCUT2D eigenvalue weighted by Crippen LogP contribution is 2.32. The van der Waals surface area contributed by atoms with E-state index in [1.54, 1.807) is 0 Å². The normalized spacial score (nSPS) is 26.6. The standard InChI is InChI=1S/C19H29N3O2.ClH/c1-13(22-10-8-17(20)19(2,3)12-22)18(23)21-15-9-11-24-16-7-5-4-6-14(15)16;/h4-7,13,15,17H,8-12,20H2,1-3H3,(H,21,23);1H. The molecule has 1 fully saturated rings. The maximum Gasteiger partial charge on any atom is 0.237 e. The minimum atomic E-state index is -0.146. The topological polar surface area (TPSA) is 67.6 Å². The first-order chi connectivity index (χ1) is 11.4. The second kappa shape index (κ2) is 7.94. The van der Waals surface area contributed by atoms with Crippen LogP contribution in [0, 0.1) is 5.41 Å². The largest absolute Gasteiger partial charge is 0.493 e. The Morgan fingerprint density at radius 3 is 2.80 bits per heavy atom. The number of nitrogens with zero attached hydrogens (tertiary/aromatic N) is 1. The number of benzene rings is 1. The zero-order chi connectivity index (χ0) is 17.3. The van der Waals surface area contributed by atoms with E-state index in [9.17, 15) is 4.79 Å². The van der Waals surface area contributed by atoms with E-state index >= 15 is 0 Å². The third kappa shape index (κ3) is 4.27. The molecule has 25 heavy (non-hydrogen) atoms. The van der Waals surface area contributed by atoms with Crippen molar-refractivity contribution >= 4 is 18.3 Å². The fraction of sp³-hybridized carbons (Fsp3) is 0.632. The summed E-state index contributed by atoms with van der Waals surface area (Å²) in [6, 6.07) is 8.04. The molecule has 0 radical (unpaired) electrons. The Labute approximate surface area is 156 Å². The number of hydrogen-bond acceptors (Lipinski definition) is 4. The summed E-state index contributed by atoms with van der Waals surface area (Å²) in [6.45, 7) is 8.73. The van der Waals surface area contributed by atoms with Gasteiger partial charge in [0.25, 0.3) is 0 Å². The molecule has 0 spiro atoms. The van der Waals surface area contributed by atoms with Crippen LogP contribution >= 0.6 is 12.4 Å². The Kier molecular flexibility index (Phi) is 6.35. The van der Waals surface area contributed by atoms with Gasteiger partial charge in [-0.3, -0.25) is 9.69 Å². The van der Waals surface area contributed by atoms with E-state index < -0.39 is 0 Å². The van der Waals surface area contributed by atoms with Crippen LogP contribution in [0.3, 0.4) is 0 Å². The third-order valence-corrected chi connectivity index (χ3v) is 5.54. The molecular formula is C19H30ClN3O2. The van der Waals surface area contributed by atoms with Gasteiger partial charge in [0, 0.05) is 31.1 Å². The number of piperidine rings is 1. The van der Waals surface area contributed by atoms with E-state index in [1.165, 1.54) is 0 Å². The summed E-state index contributed by atoms with van der Waals surface area (Å²) >= 11 is 0. The van der Waals surface area contributed by atoms with Gasteiger partial charge in [-0.2, -0.15) is 0 Å². The number of amides is 1. The molecule has 1 aromatic carbocycles. The fourth-order valence-electron chi connectivity index (χ4n) is 3.70. The van der Waals surface area contributed by atoms with Gasteiger partial charge >= 0.3 is 0 Å². The summed E-state index contributed by atoms with van der Waals surface area (Å²) in [5, 5.41) is 3.22. The van der Waals surface area contributed by atoms with Gasteiger partial charge in [0.2, 0.25) is 5.91 Å². The van der Waals surface area contributed by atoms with E-state index in [-0.39, 0.29) is 41.9 Å². The predicted molar refractivity (Wildman–Crippen MR) is 102 cm³/mol. The molecule has 3 atom stereocenters. The minimum absolute atomic E-state index is 0. The number of rotatable bonds is 3. The number of nitrogens with two attached hydrogens (primary N) is 1. The van der Waals surface area contributed by atoms with Gasteiger partial charge in [-0.1, -0.05) is 32.0 Å². The number of fused-ring (bicyclic) bond motifs is 1. The Hall–Kier alpha value is -1.30. The van der Waals surface area contributed by atoms with Crippen LogP contribution in [0.15, 0.2) is 24.3 Å². The molecule has 5 nitrogen and oxygen atoms in total. The SMILES string of the molecule is CC(C(=O)NC1CCOc2ccccc21)N1CCC(N)C(C)(C)C1.Cl. The minimum Gasteiger partial charge on any atom is -0.493 e. The molecule has 2 heterocycles. The highest BCUT2D eigenvalue weighted by Gasteiger charge is 2.37. The molecule has 3 N–H and O–H groups in total. The van der Waals surface area contributed by atoms with E-state index in [0.29, 0.717) is 6.61 Å². The Balaban J connectivity index is 0.00000225. The lowest BCUT2D eigenvalue weighted by Gasteiger charge is -2.44. The van der Waals surface area contributed by atoms with Gasteiger partial charge in [-0.25, -0.2) is 0 Å². The van der Waals surface area contributed by atoms with E-state index in [0.717, 1.165) is 37.2 Å². The fourth-order valence-corrected chi connectivity index (χ4v) is 3.70. The summed E-state index contributed by atoms with van der Waals surface area (Å²) in [6.07, 6.45) is 1.75. The number of halogens is 1. The Bertz CT molecular complexity index is 608. The molecule has 0 aliphatic carbocycles. The quantitative estimate of drug-likeness (QED) is 0.861. The van der Waals surface area contributed by atoms with E-state index in [4.69, 9.17) is 10.5 Å². The lowest BCUT2D eigenvalue weighted by molar-refractivity contribution is -0.128. The van der Waals surface area contributed by atoms with Crippen LogP contribution in [-0.2, 0) is 4.79 Å². The molecule has 1 saturated heterocycles. The summed E-state index contributed by atoms with van der Waals surface area (Å²) < 4.78 is 5.68. The monoisotopic (exact) mass is 367 g/mol. The van der Waals surface area contributed by atoms with Crippen LogP contribution in [0.4, 0.5) is 0 Å². The van der Waals surface area contributed by atoms with Crippen molar-refractivity contribution in [2.45, 2.75) is 51.7 Å². The van der Waals surface area contributed by atoms with Crippen LogP contribution in [0.25, 0.3) is 0 Å². The number of nitrogens with one attached hydrogen (secondary N) is 1. The molecule has 3 unspecified atom stereocenters. The molecule has 140 valence electrons. The maximum absolute atomic E-state index is 12.8. The number of ether oxygens (including phenoxy) is 1. The predicted octanol–water partition coefficient (Wildman–Crippen LogP) is 2.50. The molecular weight excluding hydrogens is 338 g/mol. The lowest BCUT2D eigenvalue weighted by atomic mass is 9.79. The average molecular weight is 368 g/mol. The molecule has 0 saturated carbocycles. The molecule has 6 heteroatoms. The summed E-state index contributed by atoms with van der Waals surface area (Å²) in [7, 11) is 0. The molecule has 1 amide bonds. The number of likely N-dealkylation sites (tertiary alicyclic amines) is 1. The smallest absolute Gasteiger partial charge is 0.237 e. The Morgan fingerprint density at radius 2 is 2.08 bits per heavy atom. The van der Waals surface area contributed by atoms with Crippen molar-refractivity contribution in [1.29, 1.82) is 0 Å². The van der Waals surface area contributed by atoms with Crippen LogP contribution in [0.1, 0.15) is 45.2 Å². The molecule has 2 aliphatic heterocycles. The van der Waals surface area contributed by atoms with Crippen molar-refractivity contribution in [3.63, 3.8) is 0 Å². The molecule has 1 aromatic rings. The summed E-state index contributed by atoms with van der Waals surface area (Å²) in [4.78, 5) is 15.0. The first-order valence-corrected chi connectivity index (χ1v) is 8.90. The zero-order valence-electron chi connectivity index (χ0n) is 15.3. The first kappa shape index (κ1) is 20.0. The van der Waals surface area contributed by atoms with Gasteiger partial charge in [0.15, 0.2) is 0 Å². The van der Waals surface area contributed by atoms with Gasteiger partial charge in [0.05, 0.1) is 18.7 Å². The van der Waals surface area contributed by atoms with Crippen LogP contribution < -0.4 is 15.8 Å². The van der Waals surface area contributed by atoms with Crippen molar-refractivity contribution < 1.29 is 9.53 Å². The molecule has 3 rings (SSSR count). The van der Waals surface area contributed by atoms with Gasteiger partial charge in [-0.15, -0.1) is 12.4 Å². The van der Waals surface area contributed by atoms with Crippen molar-refractivity contribution in [2.24, 2.45) is 11.1 Å². The van der Waals surface area contributed by atoms with Crippen LogP contribution in [0.2, 0.25) is 0 Å². The van der Waals surface area contributed by atoms with Crippen molar-refractivity contribution in [1.82, 2.24) is 10.2 Å². The van der Waals surface area contributed by atoms with Crippen molar-refractivity contribution in [2.75, 3.05) is 19.7 Å². The van der Waals surface area contributed by atoms with E-state index in [2.05, 4.69) is 24.1 Å². The summed E-state index contributed by atoms with van der Waals surface area (Å²) in [5.41, 5.74) is 7.33. The second-order valence-electron chi connectivity index (χ2n) is 7.77. The molecule has 0 aromatic heterocycles. The number of hydrogen-bond donors (Lipinski definition) is 2.